The first-order valence-electron chi connectivity index (χ1n) is 3.85. The molecule has 0 unspecified atom stereocenters. The molecule has 16 heavy (non-hydrogen) atoms. The Balaban J connectivity index is 3.34. The molecule has 0 aliphatic heterocycles. The minimum Gasteiger partial charge on any atom is -0.494 e. The summed E-state index contributed by atoms with van der Waals surface area (Å²) in [4.78, 5) is 2.51. The molecule has 0 bridgehead atoms. The number of alkyl halides is 6. The standard InChI is InChI=1S/C8H5F6NO/c1-16-4-2-3-5(7(9,10)11)15-6(4)8(12,13)14/h2-3H,1H3. The number of pyridine rings is 1. The number of aromatic nitrogens is 1. The van der Waals surface area contributed by atoms with Crippen molar-refractivity contribution in [1.82, 2.24) is 4.98 Å². The van der Waals surface area contributed by atoms with Gasteiger partial charge >= 0.3 is 12.4 Å². The van der Waals surface area contributed by atoms with Crippen LogP contribution in [-0.4, -0.2) is 12.1 Å². The van der Waals surface area contributed by atoms with E-state index >= 15 is 0 Å². The van der Waals surface area contributed by atoms with Crippen LogP contribution in [0.4, 0.5) is 26.3 Å². The van der Waals surface area contributed by atoms with Crippen molar-refractivity contribution in [3.05, 3.63) is 23.5 Å². The molecule has 0 saturated carbocycles. The van der Waals surface area contributed by atoms with Gasteiger partial charge in [-0.2, -0.15) is 26.3 Å². The van der Waals surface area contributed by atoms with Gasteiger partial charge in [0.15, 0.2) is 5.69 Å². The Hall–Kier alpha value is -1.47. The van der Waals surface area contributed by atoms with Crippen molar-refractivity contribution in [1.29, 1.82) is 0 Å². The lowest BCUT2D eigenvalue weighted by atomic mass is 10.2. The van der Waals surface area contributed by atoms with Crippen LogP contribution in [0, 0.1) is 0 Å². The van der Waals surface area contributed by atoms with Gasteiger partial charge in [-0.1, -0.05) is 0 Å². The normalized spacial score (nSPS) is 12.7. The second kappa shape index (κ2) is 3.84. The number of hydrogen-bond donors (Lipinski definition) is 0. The molecule has 2 nitrogen and oxygen atoms in total. The zero-order valence-corrected chi connectivity index (χ0v) is 7.78. The van der Waals surface area contributed by atoms with E-state index in [1.165, 1.54) is 0 Å². The van der Waals surface area contributed by atoms with E-state index in [0.29, 0.717) is 12.1 Å². The zero-order valence-electron chi connectivity index (χ0n) is 7.78. The summed E-state index contributed by atoms with van der Waals surface area (Å²) in [5, 5.41) is 0. The van der Waals surface area contributed by atoms with Gasteiger partial charge in [0, 0.05) is 0 Å². The number of halogens is 6. The first kappa shape index (κ1) is 12.6. The molecule has 1 aromatic rings. The summed E-state index contributed by atoms with van der Waals surface area (Å²) >= 11 is 0. The molecule has 0 fully saturated rings. The third-order valence-corrected chi connectivity index (χ3v) is 1.64. The molecule has 1 heterocycles. The van der Waals surface area contributed by atoms with Crippen molar-refractivity contribution in [2.24, 2.45) is 0 Å². The molecule has 0 saturated heterocycles. The number of hydrogen-bond acceptors (Lipinski definition) is 2. The average Bonchev–Trinajstić information content (AvgIpc) is 2.14. The van der Waals surface area contributed by atoms with E-state index in [0.717, 1.165) is 7.11 Å². The van der Waals surface area contributed by atoms with Gasteiger partial charge < -0.3 is 4.74 Å². The summed E-state index contributed by atoms with van der Waals surface area (Å²) in [5.41, 5.74) is -3.30. The molecule has 0 spiro atoms. The van der Waals surface area contributed by atoms with Gasteiger partial charge in [-0.15, -0.1) is 0 Å². The van der Waals surface area contributed by atoms with Crippen LogP contribution in [0.15, 0.2) is 12.1 Å². The molecule has 0 atom stereocenters. The first-order valence-corrected chi connectivity index (χ1v) is 3.85. The van der Waals surface area contributed by atoms with Gasteiger partial charge in [-0.25, -0.2) is 4.98 Å². The van der Waals surface area contributed by atoms with Gasteiger partial charge in [-0.3, -0.25) is 0 Å². The van der Waals surface area contributed by atoms with Crippen molar-refractivity contribution in [2.75, 3.05) is 7.11 Å². The van der Waals surface area contributed by atoms with Crippen LogP contribution >= 0.6 is 0 Å². The molecule has 0 radical (unpaired) electrons. The summed E-state index contributed by atoms with van der Waals surface area (Å²) < 4.78 is 77.5. The minimum atomic E-state index is -4.99. The quantitative estimate of drug-likeness (QED) is 0.709. The molecule has 0 N–H and O–H groups in total. The Bertz CT molecular complexity index is 383. The van der Waals surface area contributed by atoms with Crippen LogP contribution in [0.3, 0.4) is 0 Å². The van der Waals surface area contributed by atoms with Crippen molar-refractivity contribution >= 4 is 0 Å². The number of nitrogens with zero attached hydrogens (tertiary/aromatic N) is 1. The van der Waals surface area contributed by atoms with Crippen LogP contribution in [0.2, 0.25) is 0 Å². The van der Waals surface area contributed by atoms with Crippen LogP contribution in [-0.2, 0) is 12.4 Å². The highest BCUT2D eigenvalue weighted by Gasteiger charge is 2.40. The third-order valence-electron chi connectivity index (χ3n) is 1.64. The second-order valence-electron chi connectivity index (χ2n) is 2.74. The maximum Gasteiger partial charge on any atom is 0.437 e. The lowest BCUT2D eigenvalue weighted by Gasteiger charge is -2.13. The Kier molecular flexibility index (Phi) is 3.02. The fourth-order valence-corrected chi connectivity index (χ4v) is 0.972. The van der Waals surface area contributed by atoms with Gasteiger partial charge in [0.25, 0.3) is 0 Å². The number of ether oxygens (including phenoxy) is 1. The Morgan fingerprint density at radius 2 is 1.56 bits per heavy atom. The SMILES string of the molecule is COc1ccc(C(F)(F)F)nc1C(F)(F)F. The molecular formula is C8H5F6NO. The molecule has 0 amide bonds. The first-order chi connectivity index (χ1) is 7.16. The topological polar surface area (TPSA) is 22.1 Å². The second-order valence-corrected chi connectivity index (χ2v) is 2.74. The Morgan fingerprint density at radius 3 is 1.94 bits per heavy atom. The predicted molar refractivity (Wildman–Crippen MR) is 40.8 cm³/mol. The van der Waals surface area contributed by atoms with Crippen molar-refractivity contribution in [3.8, 4) is 5.75 Å². The maximum atomic E-state index is 12.3. The zero-order chi connectivity index (χ0) is 12.6. The molecule has 90 valence electrons. The predicted octanol–water partition coefficient (Wildman–Crippen LogP) is 3.13. The number of rotatable bonds is 1. The fourth-order valence-electron chi connectivity index (χ4n) is 0.972. The van der Waals surface area contributed by atoms with Gasteiger partial charge in [0.1, 0.15) is 11.4 Å². The van der Waals surface area contributed by atoms with Crippen LogP contribution in [0.5, 0.6) is 5.75 Å². The van der Waals surface area contributed by atoms with E-state index in [4.69, 9.17) is 0 Å². The summed E-state index contributed by atoms with van der Waals surface area (Å²) in [5.74, 6) is -0.750. The van der Waals surface area contributed by atoms with Crippen molar-refractivity contribution in [3.63, 3.8) is 0 Å². The lowest BCUT2D eigenvalue weighted by Crippen LogP contribution is -2.15. The Labute approximate surface area is 85.9 Å². The van der Waals surface area contributed by atoms with E-state index < -0.39 is 29.5 Å². The smallest absolute Gasteiger partial charge is 0.437 e. The van der Waals surface area contributed by atoms with E-state index in [9.17, 15) is 26.3 Å². The Morgan fingerprint density at radius 1 is 1.00 bits per heavy atom. The average molecular weight is 245 g/mol. The lowest BCUT2D eigenvalue weighted by molar-refractivity contribution is -0.150. The van der Waals surface area contributed by atoms with Gasteiger partial charge in [0.05, 0.1) is 7.11 Å². The fraction of sp³-hybridized carbons (Fsp3) is 0.375. The molecular weight excluding hydrogens is 240 g/mol. The van der Waals surface area contributed by atoms with Gasteiger partial charge in [-0.05, 0) is 12.1 Å². The summed E-state index contributed by atoms with van der Waals surface area (Å²) in [6, 6.07) is 1.01. The highest BCUT2D eigenvalue weighted by Crippen LogP contribution is 2.37. The number of methoxy groups -OCH3 is 1. The van der Waals surface area contributed by atoms with Crippen LogP contribution in [0.1, 0.15) is 11.4 Å². The van der Waals surface area contributed by atoms with Crippen molar-refractivity contribution in [2.45, 2.75) is 12.4 Å². The maximum absolute atomic E-state index is 12.3. The minimum absolute atomic E-state index is 0.425. The van der Waals surface area contributed by atoms with E-state index in [2.05, 4.69) is 9.72 Å². The molecule has 0 aliphatic rings. The highest BCUT2D eigenvalue weighted by atomic mass is 19.4. The van der Waals surface area contributed by atoms with E-state index in [-0.39, 0.29) is 0 Å². The monoisotopic (exact) mass is 245 g/mol. The van der Waals surface area contributed by atoms with Gasteiger partial charge in [0.2, 0.25) is 0 Å². The van der Waals surface area contributed by atoms with Crippen LogP contribution in [0.25, 0.3) is 0 Å². The largest absolute Gasteiger partial charge is 0.494 e. The summed E-state index contributed by atoms with van der Waals surface area (Å²) in [6.07, 6.45) is -9.92. The van der Waals surface area contributed by atoms with E-state index in [1.807, 2.05) is 0 Å². The molecule has 1 aromatic heterocycles. The molecule has 0 aromatic carbocycles. The summed E-state index contributed by atoms with van der Waals surface area (Å²) in [6.45, 7) is 0. The summed E-state index contributed by atoms with van der Waals surface area (Å²) in [7, 11) is 0.916. The highest BCUT2D eigenvalue weighted by molar-refractivity contribution is 5.32. The van der Waals surface area contributed by atoms with Crippen molar-refractivity contribution < 1.29 is 31.1 Å². The molecule has 0 aliphatic carbocycles. The molecule has 1 rings (SSSR count). The van der Waals surface area contributed by atoms with Crippen LogP contribution < -0.4 is 4.74 Å². The molecule has 8 heteroatoms. The van der Waals surface area contributed by atoms with E-state index in [1.54, 1.807) is 0 Å². The third kappa shape index (κ3) is 2.56.